The van der Waals surface area contributed by atoms with Gasteiger partial charge >= 0.3 is 0 Å². The molecular weight excluding hydrogens is 176 g/mol. The highest BCUT2D eigenvalue weighted by Crippen LogP contribution is 2.14. The molecule has 0 fully saturated rings. The molecule has 0 aromatic carbocycles. The molecule has 0 spiro atoms. The van der Waals surface area contributed by atoms with E-state index in [4.69, 9.17) is 0 Å². The first-order valence-electron chi connectivity index (χ1n) is 4.43. The molecule has 1 unspecified atom stereocenters. The standard InChI is InChI=1S/C10H8N4/c1-2-7(11-4-1)10-9-8(3-5-12-9)13-6-14-10/h1-6,8,11H. The predicted molar refractivity (Wildman–Crippen MR) is 56.2 cm³/mol. The molecule has 0 saturated heterocycles. The Balaban J connectivity index is 2.08. The Morgan fingerprint density at radius 3 is 3.14 bits per heavy atom. The molecule has 0 amide bonds. The first-order chi connectivity index (χ1) is 6.95. The van der Waals surface area contributed by atoms with Crippen LogP contribution in [0.5, 0.6) is 0 Å². The summed E-state index contributed by atoms with van der Waals surface area (Å²) in [4.78, 5) is 15.8. The van der Waals surface area contributed by atoms with Gasteiger partial charge in [-0.3, -0.25) is 9.98 Å². The molecule has 4 heteroatoms. The third kappa shape index (κ3) is 0.970. The minimum Gasteiger partial charge on any atom is -0.360 e. The van der Waals surface area contributed by atoms with Crippen LogP contribution >= 0.6 is 0 Å². The van der Waals surface area contributed by atoms with E-state index in [1.54, 1.807) is 12.5 Å². The summed E-state index contributed by atoms with van der Waals surface area (Å²) in [6.07, 6.45) is 7.21. The van der Waals surface area contributed by atoms with Gasteiger partial charge < -0.3 is 4.98 Å². The first kappa shape index (κ1) is 7.44. The third-order valence-electron chi connectivity index (χ3n) is 2.27. The number of H-pyrrole nitrogens is 1. The molecular formula is C10H8N4. The Hall–Kier alpha value is -1.97. The maximum Gasteiger partial charge on any atom is 0.116 e. The summed E-state index contributed by atoms with van der Waals surface area (Å²) in [5, 5.41) is 0. The van der Waals surface area contributed by atoms with Crippen LogP contribution < -0.4 is 0 Å². The highest BCUT2D eigenvalue weighted by Gasteiger charge is 2.24. The fraction of sp³-hybridized carbons (Fsp3) is 0.100. The van der Waals surface area contributed by atoms with Gasteiger partial charge in [-0.05, 0) is 18.2 Å². The Labute approximate surface area is 80.8 Å². The van der Waals surface area contributed by atoms with Gasteiger partial charge in [0.2, 0.25) is 0 Å². The number of hydrogen-bond donors (Lipinski definition) is 1. The van der Waals surface area contributed by atoms with Crippen molar-refractivity contribution in [3.8, 4) is 0 Å². The summed E-state index contributed by atoms with van der Waals surface area (Å²) < 4.78 is 0. The SMILES string of the molecule is C1=CC2N=CN=C(c3ccc[nH]3)C2=N1. The van der Waals surface area contributed by atoms with Crippen molar-refractivity contribution in [3.05, 3.63) is 36.3 Å². The molecule has 2 aliphatic rings. The molecule has 0 saturated carbocycles. The summed E-state index contributed by atoms with van der Waals surface area (Å²) >= 11 is 0. The minimum absolute atomic E-state index is 0.0609. The average Bonchev–Trinajstić information content (AvgIpc) is 2.88. The lowest BCUT2D eigenvalue weighted by Crippen LogP contribution is -2.27. The van der Waals surface area contributed by atoms with Gasteiger partial charge in [-0.1, -0.05) is 0 Å². The van der Waals surface area contributed by atoms with Crippen LogP contribution in [0.4, 0.5) is 0 Å². The largest absolute Gasteiger partial charge is 0.360 e. The number of rotatable bonds is 1. The van der Waals surface area contributed by atoms with Crippen molar-refractivity contribution in [1.82, 2.24) is 4.98 Å². The summed E-state index contributed by atoms with van der Waals surface area (Å²) in [5.41, 5.74) is 2.80. The van der Waals surface area contributed by atoms with Crippen LogP contribution in [0, 0.1) is 0 Å². The van der Waals surface area contributed by atoms with Crippen LogP contribution in [0.3, 0.4) is 0 Å². The lowest BCUT2D eigenvalue weighted by atomic mass is 10.1. The highest BCUT2D eigenvalue weighted by atomic mass is 15.0. The van der Waals surface area contributed by atoms with Crippen molar-refractivity contribution in [2.45, 2.75) is 6.04 Å². The molecule has 0 bridgehead atoms. The Bertz CT molecular complexity index is 462. The van der Waals surface area contributed by atoms with E-state index in [2.05, 4.69) is 20.0 Å². The van der Waals surface area contributed by atoms with Crippen molar-refractivity contribution in [2.75, 3.05) is 0 Å². The zero-order valence-corrected chi connectivity index (χ0v) is 7.38. The smallest absolute Gasteiger partial charge is 0.116 e. The number of nitrogens with zero attached hydrogens (tertiary/aromatic N) is 3. The first-order valence-corrected chi connectivity index (χ1v) is 4.43. The zero-order valence-electron chi connectivity index (χ0n) is 7.38. The second kappa shape index (κ2) is 2.77. The summed E-state index contributed by atoms with van der Waals surface area (Å²) in [6.45, 7) is 0. The number of aromatic amines is 1. The van der Waals surface area contributed by atoms with Gasteiger partial charge in [0, 0.05) is 12.4 Å². The summed E-state index contributed by atoms with van der Waals surface area (Å²) in [6, 6.07) is 3.99. The molecule has 14 heavy (non-hydrogen) atoms. The normalized spacial score (nSPS) is 23.3. The second-order valence-corrected chi connectivity index (χ2v) is 3.13. The predicted octanol–water partition coefficient (Wildman–Crippen LogP) is 1.18. The second-order valence-electron chi connectivity index (χ2n) is 3.13. The van der Waals surface area contributed by atoms with E-state index in [9.17, 15) is 0 Å². The maximum atomic E-state index is 4.27. The van der Waals surface area contributed by atoms with Crippen molar-refractivity contribution in [2.24, 2.45) is 15.0 Å². The molecule has 1 aromatic rings. The monoisotopic (exact) mass is 184 g/mol. The van der Waals surface area contributed by atoms with Crippen molar-refractivity contribution >= 4 is 17.8 Å². The lowest BCUT2D eigenvalue weighted by Gasteiger charge is -2.12. The molecule has 3 heterocycles. The van der Waals surface area contributed by atoms with Gasteiger partial charge in [0.05, 0.1) is 11.4 Å². The van der Waals surface area contributed by atoms with Crippen LogP contribution in [-0.2, 0) is 0 Å². The van der Waals surface area contributed by atoms with Crippen molar-refractivity contribution < 1.29 is 0 Å². The number of aliphatic imine (C=N–C) groups is 3. The third-order valence-corrected chi connectivity index (χ3v) is 2.27. The van der Waals surface area contributed by atoms with Gasteiger partial charge in [0.1, 0.15) is 18.1 Å². The number of aromatic nitrogens is 1. The summed E-state index contributed by atoms with van der Waals surface area (Å²) in [7, 11) is 0. The van der Waals surface area contributed by atoms with E-state index in [1.807, 2.05) is 24.4 Å². The minimum atomic E-state index is 0.0609. The molecule has 1 atom stereocenters. The topological polar surface area (TPSA) is 52.9 Å². The molecule has 2 aliphatic heterocycles. The van der Waals surface area contributed by atoms with E-state index in [0.29, 0.717) is 0 Å². The number of nitrogens with one attached hydrogen (secondary N) is 1. The molecule has 68 valence electrons. The quantitative estimate of drug-likeness (QED) is 0.681. The van der Waals surface area contributed by atoms with Crippen LogP contribution in [0.1, 0.15) is 5.69 Å². The van der Waals surface area contributed by atoms with Gasteiger partial charge in [0.15, 0.2) is 0 Å². The fourth-order valence-corrected chi connectivity index (χ4v) is 1.61. The number of fused-ring (bicyclic) bond motifs is 1. The molecule has 3 rings (SSSR count). The Kier molecular flexibility index (Phi) is 1.47. The van der Waals surface area contributed by atoms with E-state index >= 15 is 0 Å². The molecule has 0 radical (unpaired) electrons. The van der Waals surface area contributed by atoms with E-state index in [-0.39, 0.29) is 6.04 Å². The van der Waals surface area contributed by atoms with Gasteiger partial charge in [-0.2, -0.15) is 0 Å². The average molecular weight is 184 g/mol. The molecule has 1 aromatic heterocycles. The lowest BCUT2D eigenvalue weighted by molar-refractivity contribution is 1.10. The molecule has 4 nitrogen and oxygen atoms in total. The van der Waals surface area contributed by atoms with Gasteiger partial charge in [-0.15, -0.1) is 0 Å². The van der Waals surface area contributed by atoms with E-state index in [0.717, 1.165) is 17.1 Å². The van der Waals surface area contributed by atoms with Crippen LogP contribution in [-0.4, -0.2) is 28.8 Å². The van der Waals surface area contributed by atoms with E-state index in [1.165, 1.54) is 0 Å². The van der Waals surface area contributed by atoms with Gasteiger partial charge in [0.25, 0.3) is 0 Å². The molecule has 1 N–H and O–H groups in total. The van der Waals surface area contributed by atoms with Crippen molar-refractivity contribution in [3.63, 3.8) is 0 Å². The van der Waals surface area contributed by atoms with Crippen LogP contribution in [0.2, 0.25) is 0 Å². The zero-order chi connectivity index (χ0) is 9.38. The van der Waals surface area contributed by atoms with E-state index < -0.39 is 0 Å². The molecule has 0 aliphatic carbocycles. The van der Waals surface area contributed by atoms with Crippen molar-refractivity contribution in [1.29, 1.82) is 0 Å². The number of hydrogen-bond acceptors (Lipinski definition) is 3. The summed E-state index contributed by atoms with van der Waals surface area (Å²) in [5.74, 6) is 0. The van der Waals surface area contributed by atoms with Gasteiger partial charge in [-0.25, -0.2) is 4.99 Å². The Morgan fingerprint density at radius 1 is 1.29 bits per heavy atom. The van der Waals surface area contributed by atoms with Crippen LogP contribution in [0.15, 0.2) is 45.6 Å². The van der Waals surface area contributed by atoms with Crippen LogP contribution in [0.25, 0.3) is 0 Å². The highest BCUT2D eigenvalue weighted by molar-refractivity contribution is 6.52. The Morgan fingerprint density at radius 2 is 2.29 bits per heavy atom. The maximum absolute atomic E-state index is 4.27. The fourth-order valence-electron chi connectivity index (χ4n) is 1.61.